The van der Waals surface area contributed by atoms with E-state index in [1.165, 1.54) is 43.6 Å². The number of aryl methyl sites for hydroxylation is 2. The van der Waals surface area contributed by atoms with Crippen LogP contribution in [0.1, 0.15) is 33.5 Å². The number of hydrogen-bond donors (Lipinski definition) is 1. The Morgan fingerprint density at radius 3 is 2.57 bits per heavy atom. The first kappa shape index (κ1) is 22.1. The summed E-state index contributed by atoms with van der Waals surface area (Å²) in [7, 11) is -0.748. The quantitative estimate of drug-likeness (QED) is 0.658. The minimum Gasteiger partial charge on any atom is -0.451 e. The highest BCUT2D eigenvalue weighted by atomic mass is 32.2. The highest BCUT2D eigenvalue weighted by molar-refractivity contribution is 7.89. The van der Waals surface area contributed by atoms with Crippen LogP contribution < -0.4 is 5.32 Å². The van der Waals surface area contributed by atoms with Crippen LogP contribution >= 0.6 is 11.3 Å². The standard InChI is InChI=1S/C19H24N2O5S2/c1-5-7-14-10-17(27-13(14)2)19(23)26-12-18(22)20-15-8-6-9-16(11-15)28(24,25)21(3)4/h6,8-11H,5,7,12H2,1-4H3,(H,20,22). The fraction of sp³-hybridized carbons (Fsp3) is 0.368. The number of carbonyl (C=O) groups excluding carboxylic acids is 2. The monoisotopic (exact) mass is 424 g/mol. The van der Waals surface area contributed by atoms with E-state index in [9.17, 15) is 18.0 Å². The maximum absolute atomic E-state index is 12.2. The minimum atomic E-state index is -3.61. The summed E-state index contributed by atoms with van der Waals surface area (Å²) in [5.41, 5.74) is 1.42. The van der Waals surface area contributed by atoms with Gasteiger partial charge in [0.2, 0.25) is 10.0 Å². The van der Waals surface area contributed by atoms with Gasteiger partial charge in [0, 0.05) is 24.7 Å². The van der Waals surface area contributed by atoms with Gasteiger partial charge in [-0.3, -0.25) is 4.79 Å². The van der Waals surface area contributed by atoms with Crippen molar-refractivity contribution in [1.82, 2.24) is 4.31 Å². The summed E-state index contributed by atoms with van der Waals surface area (Å²) < 4.78 is 30.5. The average Bonchev–Trinajstić information content (AvgIpc) is 3.01. The van der Waals surface area contributed by atoms with Gasteiger partial charge >= 0.3 is 5.97 Å². The van der Waals surface area contributed by atoms with Gasteiger partial charge in [-0.1, -0.05) is 19.4 Å². The van der Waals surface area contributed by atoms with Gasteiger partial charge in [0.25, 0.3) is 5.91 Å². The van der Waals surface area contributed by atoms with Gasteiger partial charge in [-0.2, -0.15) is 0 Å². The van der Waals surface area contributed by atoms with Gasteiger partial charge in [-0.25, -0.2) is 17.5 Å². The van der Waals surface area contributed by atoms with Gasteiger partial charge in [-0.05, 0) is 43.2 Å². The number of anilines is 1. The van der Waals surface area contributed by atoms with E-state index in [1.54, 1.807) is 12.1 Å². The molecule has 0 radical (unpaired) electrons. The third kappa shape index (κ3) is 5.40. The van der Waals surface area contributed by atoms with E-state index in [4.69, 9.17) is 4.74 Å². The molecular formula is C19H24N2O5S2. The second kappa shape index (κ2) is 9.31. The molecule has 0 bridgehead atoms. The molecule has 1 aromatic heterocycles. The smallest absolute Gasteiger partial charge is 0.348 e. The van der Waals surface area contributed by atoms with E-state index in [-0.39, 0.29) is 4.90 Å². The van der Waals surface area contributed by atoms with Crippen molar-refractivity contribution >= 4 is 38.9 Å². The Morgan fingerprint density at radius 1 is 1.21 bits per heavy atom. The Labute approximate surface area is 169 Å². The molecule has 7 nitrogen and oxygen atoms in total. The summed E-state index contributed by atoms with van der Waals surface area (Å²) in [5.74, 6) is -1.09. The Kier molecular flexibility index (Phi) is 7.34. The van der Waals surface area contributed by atoms with E-state index in [0.29, 0.717) is 10.6 Å². The SMILES string of the molecule is CCCc1cc(C(=O)OCC(=O)Nc2cccc(S(=O)(=O)N(C)C)c2)sc1C. The molecule has 0 aliphatic heterocycles. The number of nitrogens with zero attached hydrogens (tertiary/aromatic N) is 1. The van der Waals surface area contributed by atoms with E-state index >= 15 is 0 Å². The zero-order valence-electron chi connectivity index (χ0n) is 16.3. The van der Waals surface area contributed by atoms with Crippen LogP contribution in [-0.2, 0) is 26.0 Å². The molecule has 1 heterocycles. The Balaban J connectivity index is 1.98. The van der Waals surface area contributed by atoms with Gasteiger partial charge < -0.3 is 10.1 Å². The van der Waals surface area contributed by atoms with Crippen LogP contribution in [0.3, 0.4) is 0 Å². The molecule has 2 rings (SSSR count). The van der Waals surface area contributed by atoms with Crippen LogP contribution in [0.5, 0.6) is 0 Å². The first-order chi connectivity index (χ1) is 13.1. The summed E-state index contributed by atoms with van der Waals surface area (Å²) >= 11 is 1.35. The van der Waals surface area contributed by atoms with Crippen molar-refractivity contribution in [2.75, 3.05) is 26.0 Å². The normalized spacial score (nSPS) is 11.5. The second-order valence-corrected chi connectivity index (χ2v) is 9.79. The molecule has 0 unspecified atom stereocenters. The highest BCUT2D eigenvalue weighted by Crippen LogP contribution is 2.23. The summed E-state index contributed by atoms with van der Waals surface area (Å²) in [4.78, 5) is 25.8. The summed E-state index contributed by atoms with van der Waals surface area (Å²) in [6.07, 6.45) is 1.87. The molecule has 0 fully saturated rings. The molecular weight excluding hydrogens is 400 g/mol. The van der Waals surface area contributed by atoms with Crippen LogP contribution in [0.25, 0.3) is 0 Å². The van der Waals surface area contributed by atoms with E-state index < -0.39 is 28.5 Å². The molecule has 152 valence electrons. The lowest BCUT2D eigenvalue weighted by Crippen LogP contribution is -2.23. The Hall–Kier alpha value is -2.23. The first-order valence-corrected chi connectivity index (χ1v) is 11.0. The van der Waals surface area contributed by atoms with Crippen LogP contribution in [-0.4, -0.2) is 45.3 Å². The molecule has 0 saturated carbocycles. The zero-order valence-corrected chi connectivity index (χ0v) is 17.9. The van der Waals surface area contributed by atoms with Crippen LogP contribution in [0.4, 0.5) is 5.69 Å². The number of benzene rings is 1. The van der Waals surface area contributed by atoms with Crippen molar-refractivity contribution in [1.29, 1.82) is 0 Å². The number of sulfonamides is 1. The van der Waals surface area contributed by atoms with Crippen LogP contribution in [0.2, 0.25) is 0 Å². The number of thiophene rings is 1. The molecule has 1 N–H and O–H groups in total. The predicted molar refractivity (Wildman–Crippen MR) is 109 cm³/mol. The number of hydrogen-bond acceptors (Lipinski definition) is 6. The second-order valence-electron chi connectivity index (χ2n) is 6.38. The minimum absolute atomic E-state index is 0.0600. The number of nitrogens with one attached hydrogen (secondary N) is 1. The molecule has 2 aromatic rings. The Bertz CT molecular complexity index is 964. The van der Waals surface area contributed by atoms with Crippen molar-refractivity contribution in [3.63, 3.8) is 0 Å². The third-order valence-corrected chi connectivity index (χ3v) is 6.86. The number of esters is 1. The molecule has 1 aromatic carbocycles. The molecule has 0 aliphatic rings. The summed E-state index contributed by atoms with van der Waals surface area (Å²) in [6, 6.07) is 7.70. The maximum atomic E-state index is 12.2. The molecule has 0 atom stereocenters. The van der Waals surface area contributed by atoms with Crippen molar-refractivity contribution in [3.8, 4) is 0 Å². The molecule has 28 heavy (non-hydrogen) atoms. The zero-order chi connectivity index (χ0) is 20.9. The van der Waals surface area contributed by atoms with Crippen molar-refractivity contribution in [3.05, 3.63) is 45.6 Å². The van der Waals surface area contributed by atoms with Gasteiger partial charge in [0.15, 0.2) is 6.61 Å². The Morgan fingerprint density at radius 2 is 1.93 bits per heavy atom. The maximum Gasteiger partial charge on any atom is 0.348 e. The van der Waals surface area contributed by atoms with E-state index in [0.717, 1.165) is 27.6 Å². The fourth-order valence-corrected chi connectivity index (χ4v) is 4.40. The van der Waals surface area contributed by atoms with Crippen LogP contribution in [0.15, 0.2) is 35.2 Å². The number of rotatable bonds is 8. The van der Waals surface area contributed by atoms with Gasteiger partial charge in [-0.15, -0.1) is 11.3 Å². The first-order valence-electron chi connectivity index (χ1n) is 8.74. The average molecular weight is 425 g/mol. The molecule has 0 saturated heterocycles. The largest absolute Gasteiger partial charge is 0.451 e. The van der Waals surface area contributed by atoms with E-state index in [1.807, 2.05) is 6.92 Å². The lowest BCUT2D eigenvalue weighted by atomic mass is 10.1. The van der Waals surface area contributed by atoms with E-state index in [2.05, 4.69) is 12.2 Å². The number of ether oxygens (including phenoxy) is 1. The molecule has 1 amide bonds. The van der Waals surface area contributed by atoms with Gasteiger partial charge in [0.1, 0.15) is 4.88 Å². The molecule has 9 heteroatoms. The molecule has 0 aliphatic carbocycles. The van der Waals surface area contributed by atoms with Crippen molar-refractivity contribution in [2.24, 2.45) is 0 Å². The van der Waals surface area contributed by atoms with Crippen LogP contribution in [0, 0.1) is 6.92 Å². The fourth-order valence-electron chi connectivity index (χ4n) is 2.48. The topological polar surface area (TPSA) is 92.8 Å². The van der Waals surface area contributed by atoms with Crippen molar-refractivity contribution < 1.29 is 22.7 Å². The predicted octanol–water partition coefficient (Wildman–Crippen LogP) is 3.05. The number of amides is 1. The summed E-state index contributed by atoms with van der Waals surface area (Å²) in [5, 5.41) is 2.54. The lowest BCUT2D eigenvalue weighted by molar-refractivity contribution is -0.119. The molecule has 0 spiro atoms. The third-order valence-electron chi connectivity index (χ3n) is 3.97. The number of carbonyl (C=O) groups is 2. The highest BCUT2D eigenvalue weighted by Gasteiger charge is 2.18. The van der Waals surface area contributed by atoms with Gasteiger partial charge in [0.05, 0.1) is 4.90 Å². The lowest BCUT2D eigenvalue weighted by Gasteiger charge is -2.12. The van der Waals surface area contributed by atoms with Crippen molar-refractivity contribution in [2.45, 2.75) is 31.6 Å². The summed E-state index contributed by atoms with van der Waals surface area (Å²) in [6.45, 7) is 3.57.